The number of fused-ring (bicyclic) bond motifs is 1. The fourth-order valence-electron chi connectivity index (χ4n) is 4.57. The molecule has 1 heterocycles. The summed E-state index contributed by atoms with van der Waals surface area (Å²) < 4.78 is 66.8. The molecule has 0 bridgehead atoms. The summed E-state index contributed by atoms with van der Waals surface area (Å²) in [4.78, 5) is 13.9. The minimum Gasteiger partial charge on any atom is -0.310 e. The van der Waals surface area contributed by atoms with E-state index in [4.69, 9.17) is 0 Å². The molecule has 1 saturated carbocycles. The van der Waals surface area contributed by atoms with Gasteiger partial charge in [0, 0.05) is 17.6 Å². The Labute approximate surface area is 224 Å². The van der Waals surface area contributed by atoms with Gasteiger partial charge in [-0.25, -0.2) is 12.4 Å². The lowest BCUT2D eigenvalue weighted by molar-refractivity contribution is -0.137. The minimum atomic E-state index is -4.40. The van der Waals surface area contributed by atoms with E-state index in [2.05, 4.69) is 6.58 Å². The average Bonchev–Trinajstić information content (AvgIpc) is 3.29. The molecule has 0 saturated heterocycles. The van der Waals surface area contributed by atoms with Crippen LogP contribution in [-0.4, -0.2) is 24.8 Å². The van der Waals surface area contributed by atoms with Crippen LogP contribution in [0.5, 0.6) is 0 Å². The monoisotopic (exact) mass is 550 g/mol. The Kier molecular flexibility index (Phi) is 6.94. The summed E-state index contributed by atoms with van der Waals surface area (Å²) in [6.45, 7) is 4.09. The number of carbonyl (C=O) groups excluding carboxylic acids is 1. The SMILES string of the molecule is C=C(/C=C\c1ccc(C(F)(F)F)cc1)c1ccc2c(c1)c(N(C=O)C1CCC1)cn2S(=O)(=O)c1ccccc1. The van der Waals surface area contributed by atoms with E-state index in [9.17, 15) is 26.4 Å². The highest BCUT2D eigenvalue weighted by atomic mass is 32.2. The molecule has 200 valence electrons. The molecule has 0 N–H and O–H groups in total. The van der Waals surface area contributed by atoms with Crippen LogP contribution in [-0.2, 0) is 21.0 Å². The van der Waals surface area contributed by atoms with Crippen molar-refractivity contribution in [3.63, 3.8) is 0 Å². The van der Waals surface area contributed by atoms with Crippen LogP contribution in [0.4, 0.5) is 18.9 Å². The van der Waals surface area contributed by atoms with Gasteiger partial charge in [-0.05, 0) is 72.4 Å². The molecule has 0 spiro atoms. The molecule has 4 aromatic rings. The molecule has 0 aliphatic heterocycles. The van der Waals surface area contributed by atoms with Gasteiger partial charge in [0.1, 0.15) is 0 Å². The van der Waals surface area contributed by atoms with E-state index in [1.807, 2.05) is 0 Å². The number of benzene rings is 3. The van der Waals surface area contributed by atoms with Gasteiger partial charge in [-0.2, -0.15) is 13.2 Å². The van der Waals surface area contributed by atoms with Crippen molar-refractivity contribution in [3.8, 4) is 0 Å². The molecule has 39 heavy (non-hydrogen) atoms. The predicted molar refractivity (Wildman–Crippen MR) is 147 cm³/mol. The first-order valence-electron chi connectivity index (χ1n) is 12.3. The van der Waals surface area contributed by atoms with Gasteiger partial charge < -0.3 is 4.90 Å². The summed E-state index contributed by atoms with van der Waals surface area (Å²) in [5.41, 5.74) is 2.01. The van der Waals surface area contributed by atoms with Gasteiger partial charge in [0.2, 0.25) is 6.41 Å². The second-order valence-corrected chi connectivity index (χ2v) is 11.3. The number of allylic oxidation sites excluding steroid dienone is 2. The largest absolute Gasteiger partial charge is 0.416 e. The molecular formula is C30H25F3N2O3S. The summed E-state index contributed by atoms with van der Waals surface area (Å²) >= 11 is 0. The number of aromatic nitrogens is 1. The van der Waals surface area contributed by atoms with Crippen LogP contribution in [0.15, 0.2) is 96.5 Å². The van der Waals surface area contributed by atoms with Crippen molar-refractivity contribution in [2.45, 2.75) is 36.4 Å². The molecule has 0 atom stereocenters. The number of alkyl halides is 3. The quantitative estimate of drug-likeness (QED) is 0.173. The fraction of sp³-hybridized carbons (Fsp3) is 0.167. The topological polar surface area (TPSA) is 59.4 Å². The van der Waals surface area contributed by atoms with E-state index in [0.29, 0.717) is 33.3 Å². The molecule has 1 aromatic heterocycles. The van der Waals surface area contributed by atoms with Crippen molar-refractivity contribution in [2.75, 3.05) is 4.90 Å². The third-order valence-corrected chi connectivity index (χ3v) is 8.68. The maximum atomic E-state index is 13.5. The van der Waals surface area contributed by atoms with E-state index in [0.717, 1.165) is 37.8 Å². The molecule has 1 fully saturated rings. The van der Waals surface area contributed by atoms with Crippen molar-refractivity contribution in [2.24, 2.45) is 0 Å². The maximum absolute atomic E-state index is 13.5. The Morgan fingerprint density at radius 3 is 2.28 bits per heavy atom. The minimum absolute atomic E-state index is 0.00703. The lowest BCUT2D eigenvalue weighted by Crippen LogP contribution is -2.39. The highest BCUT2D eigenvalue weighted by molar-refractivity contribution is 7.90. The van der Waals surface area contributed by atoms with Crippen LogP contribution in [0.2, 0.25) is 0 Å². The smallest absolute Gasteiger partial charge is 0.310 e. The first-order chi connectivity index (χ1) is 18.6. The van der Waals surface area contributed by atoms with Crippen molar-refractivity contribution in [1.82, 2.24) is 3.97 Å². The van der Waals surface area contributed by atoms with E-state index in [1.54, 1.807) is 53.5 Å². The van der Waals surface area contributed by atoms with Crippen LogP contribution in [0, 0.1) is 0 Å². The Morgan fingerprint density at radius 1 is 1.00 bits per heavy atom. The zero-order valence-corrected chi connectivity index (χ0v) is 21.6. The van der Waals surface area contributed by atoms with Crippen molar-refractivity contribution in [3.05, 3.63) is 108 Å². The number of rotatable bonds is 8. The molecule has 9 heteroatoms. The van der Waals surface area contributed by atoms with Crippen LogP contribution in [0.25, 0.3) is 22.6 Å². The van der Waals surface area contributed by atoms with Gasteiger partial charge in [-0.15, -0.1) is 0 Å². The standard InChI is InChI=1S/C30H25F3N2O3S/c1-21(10-11-22-12-15-24(16-13-22)30(31,32)33)23-14-17-28-27(18-23)29(34(20-36)25-6-5-7-25)19-35(28)39(37,38)26-8-3-2-4-9-26/h2-4,8-20,25H,1,5-7H2/b11-10-. The maximum Gasteiger partial charge on any atom is 0.416 e. The van der Waals surface area contributed by atoms with Crippen LogP contribution in [0.1, 0.15) is 36.0 Å². The van der Waals surface area contributed by atoms with Gasteiger partial charge in [-0.1, -0.05) is 55.1 Å². The number of nitrogens with zero attached hydrogens (tertiary/aromatic N) is 2. The third-order valence-electron chi connectivity index (χ3n) is 7.00. The number of carbonyl (C=O) groups is 1. The van der Waals surface area contributed by atoms with E-state index in [1.165, 1.54) is 34.4 Å². The normalized spacial score (nSPS) is 14.4. The number of hydrogen-bond donors (Lipinski definition) is 0. The van der Waals surface area contributed by atoms with E-state index >= 15 is 0 Å². The van der Waals surface area contributed by atoms with Gasteiger partial charge in [0.05, 0.1) is 21.7 Å². The lowest BCUT2D eigenvalue weighted by atomic mass is 9.91. The Bertz CT molecular complexity index is 1670. The molecule has 1 aliphatic rings. The predicted octanol–water partition coefficient (Wildman–Crippen LogP) is 7.14. The summed E-state index contributed by atoms with van der Waals surface area (Å²) in [5.74, 6) is 0. The first kappa shape index (κ1) is 26.5. The lowest BCUT2D eigenvalue weighted by Gasteiger charge is -2.34. The van der Waals surface area contributed by atoms with E-state index in [-0.39, 0.29) is 10.9 Å². The average molecular weight is 551 g/mol. The first-order valence-corrected chi connectivity index (χ1v) is 13.8. The number of hydrogen-bond acceptors (Lipinski definition) is 3. The molecule has 1 aliphatic carbocycles. The number of amides is 1. The third kappa shape index (κ3) is 5.14. The van der Waals surface area contributed by atoms with Crippen molar-refractivity contribution in [1.29, 1.82) is 0 Å². The molecule has 3 aromatic carbocycles. The summed E-state index contributed by atoms with van der Waals surface area (Å²) in [5, 5.41) is 0.579. The van der Waals surface area contributed by atoms with Gasteiger partial charge in [0.15, 0.2) is 0 Å². The molecule has 0 radical (unpaired) electrons. The van der Waals surface area contributed by atoms with Gasteiger partial charge >= 0.3 is 6.18 Å². The summed E-state index contributed by atoms with van der Waals surface area (Å²) in [6, 6.07) is 18.1. The highest BCUT2D eigenvalue weighted by Crippen LogP contribution is 2.38. The molecule has 1 amide bonds. The summed E-state index contributed by atoms with van der Waals surface area (Å²) in [7, 11) is -3.94. The Morgan fingerprint density at radius 2 is 1.69 bits per heavy atom. The second-order valence-electron chi connectivity index (χ2n) is 9.44. The Balaban J connectivity index is 1.54. The fourth-order valence-corrected chi connectivity index (χ4v) is 5.96. The zero-order chi connectivity index (χ0) is 27.8. The zero-order valence-electron chi connectivity index (χ0n) is 20.8. The van der Waals surface area contributed by atoms with E-state index < -0.39 is 21.8 Å². The van der Waals surface area contributed by atoms with Crippen LogP contribution < -0.4 is 4.90 Å². The number of anilines is 1. The highest BCUT2D eigenvalue weighted by Gasteiger charge is 2.31. The molecular weight excluding hydrogens is 525 g/mol. The Hall–Kier alpha value is -4.11. The van der Waals surface area contributed by atoms with Crippen LogP contribution in [0.3, 0.4) is 0 Å². The molecule has 5 rings (SSSR count). The van der Waals surface area contributed by atoms with Crippen molar-refractivity contribution < 1.29 is 26.4 Å². The van der Waals surface area contributed by atoms with Gasteiger partial charge in [0.25, 0.3) is 10.0 Å². The number of halogens is 3. The summed E-state index contributed by atoms with van der Waals surface area (Å²) in [6.07, 6.45) is 3.83. The van der Waals surface area contributed by atoms with Crippen LogP contribution >= 0.6 is 0 Å². The molecule has 5 nitrogen and oxygen atoms in total. The second kappa shape index (κ2) is 10.2. The molecule has 0 unspecified atom stereocenters. The van der Waals surface area contributed by atoms with Crippen molar-refractivity contribution >= 4 is 44.7 Å². The van der Waals surface area contributed by atoms with Gasteiger partial charge in [-0.3, -0.25) is 4.79 Å².